The maximum atomic E-state index is 13.3. The van der Waals surface area contributed by atoms with E-state index in [1.165, 1.54) is 0 Å². The number of nitrogens with two attached hydrogens (primary N) is 1. The normalized spacial score (nSPS) is 13.0. The maximum Gasteiger partial charge on any atom is 0.322 e. The molecular weight excluding hydrogens is 468 g/mol. The summed E-state index contributed by atoms with van der Waals surface area (Å²) in [5, 5.41) is 25.2. The Morgan fingerprint density at radius 3 is 1.64 bits per heavy atom. The van der Waals surface area contributed by atoms with Crippen molar-refractivity contribution in [3.8, 4) is 0 Å². The molecule has 0 bridgehead atoms. The third kappa shape index (κ3) is 9.94. The monoisotopic (exact) mass is 498 g/mol. The lowest BCUT2D eigenvalue weighted by atomic mass is 10.0. The van der Waals surface area contributed by atoms with E-state index in [2.05, 4.69) is 16.0 Å². The van der Waals surface area contributed by atoms with E-state index in [0.717, 1.165) is 11.1 Å². The minimum absolute atomic E-state index is 0.0822. The van der Waals surface area contributed by atoms with Gasteiger partial charge in [-0.05, 0) is 17.5 Å². The summed E-state index contributed by atoms with van der Waals surface area (Å²) in [4.78, 5) is 60.3. The summed E-state index contributed by atoms with van der Waals surface area (Å²) in [6.45, 7) is -0.622. The smallest absolute Gasteiger partial charge is 0.322 e. The van der Waals surface area contributed by atoms with Crippen LogP contribution in [-0.4, -0.2) is 64.5 Å². The summed E-state index contributed by atoms with van der Waals surface area (Å²) in [5.74, 6) is -4.42. The summed E-state index contributed by atoms with van der Waals surface area (Å²) in [5.41, 5.74) is 7.26. The largest absolute Gasteiger partial charge is 0.481 e. The van der Waals surface area contributed by atoms with Crippen LogP contribution in [0.2, 0.25) is 0 Å². The molecule has 2 aromatic carbocycles. The Bertz CT molecular complexity index is 1050. The van der Waals surface area contributed by atoms with Crippen LogP contribution in [0.15, 0.2) is 60.7 Å². The number of benzene rings is 2. The second-order valence-electron chi connectivity index (χ2n) is 8.15. The molecule has 0 radical (unpaired) electrons. The molecule has 0 heterocycles. The Morgan fingerprint density at radius 2 is 1.17 bits per heavy atom. The lowest BCUT2D eigenvalue weighted by Crippen LogP contribution is -2.57. The molecule has 7 N–H and O–H groups in total. The van der Waals surface area contributed by atoms with Gasteiger partial charge in [-0.1, -0.05) is 60.7 Å². The fourth-order valence-corrected chi connectivity index (χ4v) is 3.37. The van der Waals surface area contributed by atoms with Gasteiger partial charge in [0.05, 0.1) is 6.04 Å². The number of amides is 3. The molecule has 3 amide bonds. The van der Waals surface area contributed by atoms with Crippen LogP contribution in [0.4, 0.5) is 0 Å². The van der Waals surface area contributed by atoms with Crippen molar-refractivity contribution < 1.29 is 34.2 Å². The maximum absolute atomic E-state index is 13.3. The first-order valence-corrected chi connectivity index (χ1v) is 11.3. The third-order valence-corrected chi connectivity index (χ3v) is 5.25. The van der Waals surface area contributed by atoms with Crippen molar-refractivity contribution in [3.63, 3.8) is 0 Å². The van der Waals surface area contributed by atoms with Crippen molar-refractivity contribution in [3.05, 3.63) is 71.8 Å². The Morgan fingerprint density at radius 1 is 0.694 bits per heavy atom. The van der Waals surface area contributed by atoms with Gasteiger partial charge in [-0.15, -0.1) is 0 Å². The number of hydrogen-bond donors (Lipinski definition) is 6. The summed E-state index contributed by atoms with van der Waals surface area (Å²) in [7, 11) is 0. The lowest BCUT2D eigenvalue weighted by molar-refractivity contribution is -0.139. The molecule has 0 spiro atoms. The number of carbonyl (C=O) groups excluding carboxylic acids is 3. The Hall–Kier alpha value is -4.25. The predicted molar refractivity (Wildman–Crippen MR) is 130 cm³/mol. The number of carboxylic acid groups (broad SMARTS) is 2. The number of aliphatic carboxylic acids is 2. The Kier molecular flexibility index (Phi) is 11.1. The predicted octanol–water partition coefficient (Wildman–Crippen LogP) is -0.166. The zero-order valence-corrected chi connectivity index (χ0v) is 19.6. The van der Waals surface area contributed by atoms with Crippen molar-refractivity contribution in [2.24, 2.45) is 5.73 Å². The van der Waals surface area contributed by atoms with Gasteiger partial charge in [0.2, 0.25) is 17.7 Å². The quantitative estimate of drug-likeness (QED) is 0.207. The van der Waals surface area contributed by atoms with E-state index in [0.29, 0.717) is 0 Å². The molecule has 0 aliphatic heterocycles. The molecule has 11 nitrogen and oxygen atoms in total. The Labute approximate surface area is 208 Å². The van der Waals surface area contributed by atoms with Crippen LogP contribution in [0.1, 0.15) is 24.0 Å². The van der Waals surface area contributed by atoms with E-state index in [-0.39, 0.29) is 25.7 Å². The van der Waals surface area contributed by atoms with Gasteiger partial charge >= 0.3 is 11.9 Å². The summed E-state index contributed by atoms with van der Waals surface area (Å²) in [6.07, 6.45) is -0.261. The molecule has 0 aromatic heterocycles. The highest BCUT2D eigenvalue weighted by atomic mass is 16.4. The number of rotatable bonds is 14. The molecule has 192 valence electrons. The molecule has 0 aliphatic carbocycles. The highest BCUT2D eigenvalue weighted by Crippen LogP contribution is 2.08. The van der Waals surface area contributed by atoms with Crippen LogP contribution in [0, 0.1) is 0 Å². The molecule has 0 aliphatic rings. The summed E-state index contributed by atoms with van der Waals surface area (Å²) in [6, 6.07) is 14.3. The third-order valence-electron chi connectivity index (χ3n) is 5.25. The molecule has 0 saturated carbocycles. The van der Waals surface area contributed by atoms with Crippen LogP contribution >= 0.6 is 0 Å². The number of hydrogen-bond acceptors (Lipinski definition) is 6. The van der Waals surface area contributed by atoms with E-state index in [4.69, 9.17) is 15.9 Å². The van der Waals surface area contributed by atoms with Crippen molar-refractivity contribution in [2.75, 3.05) is 6.54 Å². The summed E-state index contributed by atoms with van der Waals surface area (Å²) >= 11 is 0. The van der Waals surface area contributed by atoms with Crippen LogP contribution < -0.4 is 21.7 Å². The zero-order chi connectivity index (χ0) is 26.5. The van der Waals surface area contributed by atoms with Crippen molar-refractivity contribution in [1.82, 2.24) is 16.0 Å². The van der Waals surface area contributed by atoms with Gasteiger partial charge in [0.15, 0.2) is 0 Å². The minimum atomic E-state index is -1.24. The first-order valence-electron chi connectivity index (χ1n) is 11.3. The molecular formula is C25H30N4O7. The van der Waals surface area contributed by atoms with Gasteiger partial charge in [0, 0.05) is 19.3 Å². The highest BCUT2D eigenvalue weighted by Gasteiger charge is 2.29. The second kappa shape index (κ2) is 14.2. The second-order valence-corrected chi connectivity index (χ2v) is 8.15. The van der Waals surface area contributed by atoms with Gasteiger partial charge in [0.25, 0.3) is 0 Å². The van der Waals surface area contributed by atoms with Crippen LogP contribution in [0.3, 0.4) is 0 Å². The topological polar surface area (TPSA) is 188 Å². The fourth-order valence-electron chi connectivity index (χ4n) is 3.37. The van der Waals surface area contributed by atoms with E-state index in [9.17, 15) is 24.0 Å². The van der Waals surface area contributed by atoms with E-state index < -0.39 is 54.3 Å². The summed E-state index contributed by atoms with van der Waals surface area (Å²) < 4.78 is 0. The number of nitrogens with one attached hydrogen (secondary N) is 3. The molecule has 3 unspecified atom stereocenters. The van der Waals surface area contributed by atoms with Crippen molar-refractivity contribution in [2.45, 2.75) is 43.8 Å². The SMILES string of the molecule is NC(CCC(=O)O)C(=O)NC(Cc1ccccc1)C(=O)NC(Cc1ccccc1)C(=O)NCC(=O)O. The van der Waals surface area contributed by atoms with E-state index in [1.807, 2.05) is 0 Å². The zero-order valence-electron chi connectivity index (χ0n) is 19.6. The van der Waals surface area contributed by atoms with Gasteiger partial charge in [-0.25, -0.2) is 0 Å². The molecule has 0 saturated heterocycles. The van der Waals surface area contributed by atoms with Gasteiger partial charge < -0.3 is 31.9 Å². The van der Waals surface area contributed by atoms with Crippen LogP contribution in [-0.2, 0) is 36.8 Å². The molecule has 36 heavy (non-hydrogen) atoms. The lowest BCUT2D eigenvalue weighted by Gasteiger charge is -2.24. The molecule has 2 rings (SSSR count). The van der Waals surface area contributed by atoms with Gasteiger partial charge in [0.1, 0.15) is 18.6 Å². The van der Waals surface area contributed by atoms with Crippen LogP contribution in [0.5, 0.6) is 0 Å². The van der Waals surface area contributed by atoms with E-state index in [1.54, 1.807) is 60.7 Å². The number of carbonyl (C=O) groups is 5. The molecule has 3 atom stereocenters. The molecule has 2 aromatic rings. The van der Waals surface area contributed by atoms with Gasteiger partial charge in [-0.3, -0.25) is 24.0 Å². The van der Waals surface area contributed by atoms with Crippen molar-refractivity contribution >= 4 is 29.7 Å². The molecule has 0 fully saturated rings. The van der Waals surface area contributed by atoms with E-state index >= 15 is 0 Å². The highest BCUT2D eigenvalue weighted by molar-refractivity contribution is 5.94. The fraction of sp³-hybridized carbons (Fsp3) is 0.320. The minimum Gasteiger partial charge on any atom is -0.481 e. The van der Waals surface area contributed by atoms with Crippen molar-refractivity contribution in [1.29, 1.82) is 0 Å². The molecule has 11 heteroatoms. The average molecular weight is 499 g/mol. The van der Waals surface area contributed by atoms with Gasteiger partial charge in [-0.2, -0.15) is 0 Å². The standard InChI is InChI=1S/C25H30N4O7/c26-18(11-12-21(30)31)23(34)28-20(14-17-9-5-2-6-10-17)25(36)29-19(24(35)27-15-22(32)33)13-16-7-3-1-4-8-16/h1-10,18-20H,11-15,26H2,(H,27,35)(H,28,34)(H,29,36)(H,30,31)(H,32,33). The number of carboxylic acids is 2. The first kappa shape index (κ1) is 28.0. The van der Waals surface area contributed by atoms with Crippen LogP contribution in [0.25, 0.3) is 0 Å². The Balaban J connectivity index is 2.21. The first-order chi connectivity index (χ1) is 17.2. The average Bonchev–Trinajstić information content (AvgIpc) is 2.86.